The summed E-state index contributed by atoms with van der Waals surface area (Å²) in [7, 11) is 8.05. The molecule has 4 N–H and O–H groups in total. The maximum atomic E-state index is 13.7. The monoisotopic (exact) mass is 925 g/mol. The normalized spacial score (nSPS) is 14.1. The summed E-state index contributed by atoms with van der Waals surface area (Å²) >= 11 is 0. The van der Waals surface area contributed by atoms with Crippen LogP contribution in [0.1, 0.15) is 78.0 Å². The minimum Gasteiger partial charge on any atom is -0.493 e. The van der Waals surface area contributed by atoms with E-state index < -0.39 is 11.8 Å². The van der Waals surface area contributed by atoms with Crippen LogP contribution in [-0.2, 0) is 30.7 Å². The maximum Gasteiger partial charge on any atom is 0.291 e. The van der Waals surface area contributed by atoms with Crippen LogP contribution in [0, 0.1) is 0 Å². The Hall–Kier alpha value is -8.26. The van der Waals surface area contributed by atoms with Gasteiger partial charge in [-0.25, -0.2) is 4.98 Å². The molecule has 1 atom stereocenters. The number of carbonyl (C=O) groups is 6. The van der Waals surface area contributed by atoms with E-state index in [2.05, 4.69) is 37.8 Å². The van der Waals surface area contributed by atoms with Crippen LogP contribution in [0.4, 0.5) is 22.9 Å². The Balaban J connectivity index is 0.826. The summed E-state index contributed by atoms with van der Waals surface area (Å²) < 4.78 is 22.6. The second kappa shape index (κ2) is 19.7. The van der Waals surface area contributed by atoms with Gasteiger partial charge in [0.1, 0.15) is 11.4 Å². The molecule has 8 rings (SSSR count). The average molecular weight is 926 g/mol. The lowest BCUT2D eigenvalue weighted by molar-refractivity contribution is -0.116. The molecule has 68 heavy (non-hydrogen) atoms. The van der Waals surface area contributed by atoms with Gasteiger partial charge in [-0.2, -0.15) is 0 Å². The molecule has 0 saturated carbocycles. The lowest BCUT2D eigenvalue weighted by atomic mass is 10.1. The fraction of sp³-hybridized carbons (Fsp3) is 0.292. The molecule has 0 bridgehead atoms. The third-order valence-electron chi connectivity index (χ3n) is 11.6. The number of methoxy groups -OCH3 is 2. The number of aromatic nitrogens is 5. The van der Waals surface area contributed by atoms with E-state index in [1.165, 1.54) is 28.5 Å². The topological polar surface area (TPSA) is 226 Å². The summed E-state index contributed by atoms with van der Waals surface area (Å²) in [6, 6.07) is 13.1. The number of aliphatic imine (C=N–C) groups is 1. The number of nitrogens with zero attached hydrogens (tertiary/aromatic N) is 7. The zero-order chi connectivity index (χ0) is 48.2. The quantitative estimate of drug-likeness (QED) is 0.0682. The molecule has 0 aliphatic carbocycles. The van der Waals surface area contributed by atoms with Gasteiger partial charge in [0.2, 0.25) is 11.7 Å². The molecule has 5 amide bonds. The summed E-state index contributed by atoms with van der Waals surface area (Å²) in [5, 5.41) is 11.9. The second-order valence-electron chi connectivity index (χ2n) is 16.5. The van der Waals surface area contributed by atoms with Gasteiger partial charge in [-0.15, -0.1) is 0 Å². The molecule has 0 unspecified atom stereocenters. The Morgan fingerprint density at radius 2 is 1.56 bits per heavy atom. The van der Waals surface area contributed by atoms with Crippen LogP contribution in [0.15, 0.2) is 90.5 Å². The number of fused-ring (bicyclic) bond motifs is 3. The number of rotatable bonds is 17. The van der Waals surface area contributed by atoms with Gasteiger partial charge < -0.3 is 54.1 Å². The molecule has 0 spiro atoms. The number of carbonyl (C=O) groups excluding carboxylic acids is 6. The van der Waals surface area contributed by atoms with Crippen molar-refractivity contribution >= 4 is 75.4 Å². The van der Waals surface area contributed by atoms with Crippen molar-refractivity contribution in [3.05, 3.63) is 114 Å². The summed E-state index contributed by atoms with van der Waals surface area (Å²) in [6.07, 6.45) is 9.88. The molecule has 2 aromatic carbocycles. The first-order valence-corrected chi connectivity index (χ1v) is 21.8. The average Bonchev–Trinajstić information content (AvgIpc) is 4.15. The predicted octanol–water partition coefficient (Wildman–Crippen LogP) is 5.30. The van der Waals surface area contributed by atoms with E-state index in [0.29, 0.717) is 95.2 Å². The van der Waals surface area contributed by atoms with Crippen molar-refractivity contribution < 1.29 is 43.0 Å². The summed E-state index contributed by atoms with van der Waals surface area (Å²) in [6.45, 7) is 5.68. The standard InChI is InChI=1S/C48H51N11O9/c1-28-17-33-23-50-35-22-40(39(67-6)21-34(35)47(64)59(33)24-28)68-16-7-9-42(60)53-41-27-57(4)43(54-41)46(63)52-31-19-37(55(2)25-31)45(62)51-32-20-38(56(3)26-32)48(65)58-14-12-29-18-30(10-11-36(29)58)44(61)49-13-8-15-66-5/h10-12,14,18-23,25-27,33H,1,7-9,13,15-17,24H2,2-6H3,(H,49,61)(H,51,62)(H,52,63)(H,53,60)/t33-/m0/s1. The van der Waals surface area contributed by atoms with E-state index in [1.54, 1.807) is 110 Å². The Kier molecular flexibility index (Phi) is 13.4. The van der Waals surface area contributed by atoms with Gasteiger partial charge in [-0.05, 0) is 61.7 Å². The number of anilines is 3. The first-order valence-electron chi connectivity index (χ1n) is 21.8. The van der Waals surface area contributed by atoms with Gasteiger partial charge in [-0.1, -0.05) is 12.2 Å². The Labute approximate surface area is 390 Å². The van der Waals surface area contributed by atoms with Crippen LogP contribution in [0.3, 0.4) is 0 Å². The SMILES string of the molecule is C=C1C[C@H]2C=Nc3cc(OCCCC(=O)Nc4cn(C)c(C(=O)Nc5cc(C(=O)Nc6cc(C(=O)n7ccc8cc(C(=O)NCCCOC)ccc87)n(C)c6)n(C)c5)n4)c(OC)cc3C(=O)N2C1. The van der Waals surface area contributed by atoms with Gasteiger partial charge in [0, 0.05) is 102 Å². The highest BCUT2D eigenvalue weighted by Gasteiger charge is 2.34. The molecule has 1 fully saturated rings. The van der Waals surface area contributed by atoms with Gasteiger partial charge in [0.25, 0.3) is 29.5 Å². The number of imidazole rings is 1. The highest BCUT2D eigenvalue weighted by atomic mass is 16.5. The maximum absolute atomic E-state index is 13.7. The van der Waals surface area contributed by atoms with Crippen LogP contribution in [-0.4, -0.2) is 116 Å². The number of nitrogens with one attached hydrogen (secondary N) is 4. The van der Waals surface area contributed by atoms with Gasteiger partial charge >= 0.3 is 0 Å². The smallest absolute Gasteiger partial charge is 0.291 e. The first-order chi connectivity index (χ1) is 32.7. The zero-order valence-corrected chi connectivity index (χ0v) is 38.3. The molecule has 4 aromatic heterocycles. The first kappa shape index (κ1) is 46.3. The lowest BCUT2D eigenvalue weighted by Crippen LogP contribution is -2.35. The minimum atomic E-state index is -0.577. The number of aryl methyl sites for hydroxylation is 3. The molecule has 352 valence electrons. The van der Waals surface area contributed by atoms with Gasteiger partial charge in [0.05, 0.1) is 47.9 Å². The second-order valence-corrected chi connectivity index (χ2v) is 16.5. The third kappa shape index (κ3) is 9.80. The number of hydrogen-bond donors (Lipinski definition) is 4. The largest absolute Gasteiger partial charge is 0.493 e. The molecule has 20 heteroatoms. The van der Waals surface area contributed by atoms with Crippen LogP contribution in [0.5, 0.6) is 11.5 Å². The fourth-order valence-electron chi connectivity index (χ4n) is 8.15. The van der Waals surface area contributed by atoms with Gasteiger partial charge in [-0.3, -0.25) is 38.3 Å². The fourth-order valence-corrected chi connectivity index (χ4v) is 8.15. The van der Waals surface area contributed by atoms with Crippen molar-refractivity contribution in [3.8, 4) is 11.5 Å². The van der Waals surface area contributed by atoms with Crippen molar-refractivity contribution in [2.45, 2.75) is 31.7 Å². The summed E-state index contributed by atoms with van der Waals surface area (Å²) in [4.78, 5) is 90.0. The van der Waals surface area contributed by atoms with E-state index in [0.717, 1.165) is 5.57 Å². The van der Waals surface area contributed by atoms with Gasteiger partial charge in [0.15, 0.2) is 17.3 Å². The van der Waals surface area contributed by atoms with E-state index in [9.17, 15) is 28.8 Å². The van der Waals surface area contributed by atoms with E-state index in [-0.39, 0.29) is 60.0 Å². The van der Waals surface area contributed by atoms with Crippen molar-refractivity contribution in [1.82, 2.24) is 33.5 Å². The third-order valence-corrected chi connectivity index (χ3v) is 11.6. The molecular weight excluding hydrogens is 875 g/mol. The highest BCUT2D eigenvalue weighted by Crippen LogP contribution is 2.38. The molecule has 2 aliphatic heterocycles. The Bertz CT molecular complexity index is 3030. The number of hydrogen-bond acceptors (Lipinski definition) is 11. The summed E-state index contributed by atoms with van der Waals surface area (Å²) in [5.74, 6) is -1.17. The van der Waals surface area contributed by atoms with Crippen molar-refractivity contribution in [2.75, 3.05) is 56.5 Å². The Morgan fingerprint density at radius 1 is 0.809 bits per heavy atom. The van der Waals surface area contributed by atoms with E-state index in [1.807, 2.05) is 0 Å². The number of ether oxygens (including phenoxy) is 3. The minimum absolute atomic E-state index is 0.0110. The van der Waals surface area contributed by atoms with Crippen LogP contribution in [0.2, 0.25) is 0 Å². The van der Waals surface area contributed by atoms with E-state index in [4.69, 9.17) is 14.2 Å². The molecule has 20 nitrogen and oxygen atoms in total. The van der Waals surface area contributed by atoms with Crippen molar-refractivity contribution in [1.29, 1.82) is 0 Å². The zero-order valence-electron chi connectivity index (χ0n) is 38.3. The van der Waals surface area contributed by atoms with E-state index >= 15 is 0 Å². The number of amides is 5. The molecule has 1 saturated heterocycles. The summed E-state index contributed by atoms with van der Waals surface area (Å²) in [5.41, 5.74) is 4.17. The molecular formula is C48H51N11O9. The molecule has 2 aliphatic rings. The lowest BCUT2D eigenvalue weighted by Gasteiger charge is -2.20. The van der Waals surface area contributed by atoms with Crippen LogP contribution < -0.4 is 30.7 Å². The molecule has 6 aromatic rings. The van der Waals surface area contributed by atoms with Crippen LogP contribution in [0.25, 0.3) is 10.9 Å². The highest BCUT2D eigenvalue weighted by molar-refractivity contribution is 6.08. The molecule has 6 heterocycles. The Morgan fingerprint density at radius 3 is 2.32 bits per heavy atom. The van der Waals surface area contributed by atoms with Crippen molar-refractivity contribution in [3.63, 3.8) is 0 Å². The predicted molar refractivity (Wildman–Crippen MR) is 254 cm³/mol. The van der Waals surface area contributed by atoms with Crippen molar-refractivity contribution in [2.24, 2.45) is 26.1 Å². The number of benzene rings is 2. The molecule has 0 radical (unpaired) electrons. The van der Waals surface area contributed by atoms with Crippen LogP contribution >= 0.6 is 0 Å².